The van der Waals surface area contributed by atoms with E-state index < -0.39 is 0 Å². The van der Waals surface area contributed by atoms with Crippen LogP contribution in [0.25, 0.3) is 33.4 Å². The zero-order chi connectivity index (χ0) is 23.1. The third kappa shape index (κ3) is 4.27. The van der Waals surface area contributed by atoms with Crippen LogP contribution in [0.4, 0.5) is 0 Å². The summed E-state index contributed by atoms with van der Waals surface area (Å²) in [5, 5.41) is 0. The van der Waals surface area contributed by atoms with Crippen molar-refractivity contribution in [3.8, 4) is 33.4 Å². The van der Waals surface area contributed by atoms with Crippen molar-refractivity contribution < 1.29 is 9.31 Å². The van der Waals surface area contributed by atoms with Gasteiger partial charge in [0.05, 0.1) is 11.2 Å². The second kappa shape index (κ2) is 8.33. The van der Waals surface area contributed by atoms with Crippen LogP contribution in [0, 0.1) is 0 Å². The molecule has 2 nitrogen and oxygen atoms in total. The Morgan fingerprint density at radius 3 is 1.33 bits per heavy atom. The Labute approximate surface area is 197 Å². The number of hydrogen-bond donors (Lipinski definition) is 0. The van der Waals surface area contributed by atoms with Gasteiger partial charge in [0, 0.05) is 0 Å². The second-order valence-electron chi connectivity index (χ2n) is 9.74. The van der Waals surface area contributed by atoms with Crippen LogP contribution in [-0.4, -0.2) is 18.3 Å². The van der Waals surface area contributed by atoms with Crippen molar-refractivity contribution in [3.05, 3.63) is 103 Å². The topological polar surface area (TPSA) is 18.5 Å². The van der Waals surface area contributed by atoms with Gasteiger partial charge in [0.2, 0.25) is 0 Å². The Morgan fingerprint density at radius 2 is 0.848 bits per heavy atom. The lowest BCUT2D eigenvalue weighted by Crippen LogP contribution is -2.41. The monoisotopic (exact) mass is 432 g/mol. The van der Waals surface area contributed by atoms with Gasteiger partial charge in [0.1, 0.15) is 0 Å². The van der Waals surface area contributed by atoms with Crippen molar-refractivity contribution in [3.63, 3.8) is 0 Å². The van der Waals surface area contributed by atoms with Crippen LogP contribution >= 0.6 is 0 Å². The molecule has 0 spiro atoms. The average Bonchev–Trinajstić information content (AvgIpc) is 3.06. The molecule has 1 fully saturated rings. The maximum absolute atomic E-state index is 6.20. The summed E-state index contributed by atoms with van der Waals surface area (Å²) in [6.07, 6.45) is 0. The van der Waals surface area contributed by atoms with Gasteiger partial charge in [-0.15, -0.1) is 0 Å². The van der Waals surface area contributed by atoms with Crippen LogP contribution in [0.2, 0.25) is 0 Å². The first-order valence-electron chi connectivity index (χ1n) is 11.5. The molecule has 0 N–H and O–H groups in total. The van der Waals surface area contributed by atoms with Crippen molar-refractivity contribution in [1.82, 2.24) is 0 Å². The molecule has 0 saturated carbocycles. The normalized spacial score (nSPS) is 16.7. The molecular formula is C30H29BO2. The molecule has 1 heterocycles. The van der Waals surface area contributed by atoms with E-state index in [-0.39, 0.29) is 18.3 Å². The van der Waals surface area contributed by atoms with Gasteiger partial charge >= 0.3 is 7.12 Å². The minimum Gasteiger partial charge on any atom is -0.399 e. The molecule has 3 heteroatoms. The maximum atomic E-state index is 6.20. The molecule has 164 valence electrons. The summed E-state index contributed by atoms with van der Waals surface area (Å²) in [4.78, 5) is 0. The van der Waals surface area contributed by atoms with Crippen LogP contribution < -0.4 is 5.46 Å². The summed E-state index contributed by atoms with van der Waals surface area (Å²) < 4.78 is 12.4. The van der Waals surface area contributed by atoms with Crippen LogP contribution in [-0.2, 0) is 9.31 Å². The third-order valence-corrected chi connectivity index (χ3v) is 6.94. The van der Waals surface area contributed by atoms with E-state index in [1.54, 1.807) is 0 Å². The molecule has 4 aromatic rings. The van der Waals surface area contributed by atoms with Gasteiger partial charge in [-0.2, -0.15) is 0 Å². The van der Waals surface area contributed by atoms with Crippen LogP contribution in [0.1, 0.15) is 27.7 Å². The Morgan fingerprint density at radius 1 is 0.455 bits per heavy atom. The molecule has 0 radical (unpaired) electrons. The number of hydrogen-bond acceptors (Lipinski definition) is 2. The fourth-order valence-corrected chi connectivity index (χ4v) is 4.20. The largest absolute Gasteiger partial charge is 0.494 e. The van der Waals surface area contributed by atoms with Gasteiger partial charge in [-0.25, -0.2) is 0 Å². The summed E-state index contributed by atoms with van der Waals surface area (Å²) in [6.45, 7) is 8.33. The molecule has 0 amide bonds. The minimum absolute atomic E-state index is 0.334. The van der Waals surface area contributed by atoms with E-state index in [4.69, 9.17) is 9.31 Å². The molecule has 5 rings (SSSR count). The Balaban J connectivity index is 1.40. The maximum Gasteiger partial charge on any atom is 0.494 e. The molecule has 0 bridgehead atoms. The van der Waals surface area contributed by atoms with Gasteiger partial charge in [-0.1, -0.05) is 91.0 Å². The zero-order valence-electron chi connectivity index (χ0n) is 19.7. The van der Waals surface area contributed by atoms with Crippen molar-refractivity contribution >= 4 is 12.6 Å². The highest BCUT2D eigenvalue weighted by molar-refractivity contribution is 6.62. The van der Waals surface area contributed by atoms with E-state index in [1.165, 1.54) is 33.4 Å². The Hall–Kier alpha value is -3.14. The van der Waals surface area contributed by atoms with Gasteiger partial charge < -0.3 is 9.31 Å². The number of benzene rings is 4. The molecule has 1 aliphatic heterocycles. The van der Waals surface area contributed by atoms with Crippen molar-refractivity contribution in [2.45, 2.75) is 38.9 Å². The lowest BCUT2D eigenvalue weighted by atomic mass is 9.78. The van der Waals surface area contributed by atoms with E-state index in [0.717, 1.165) is 5.46 Å². The highest BCUT2D eigenvalue weighted by Crippen LogP contribution is 2.36. The predicted octanol–water partition coefficient (Wildman–Crippen LogP) is 6.99. The van der Waals surface area contributed by atoms with E-state index in [9.17, 15) is 0 Å². The van der Waals surface area contributed by atoms with Crippen molar-refractivity contribution in [2.75, 3.05) is 0 Å². The average molecular weight is 432 g/mol. The smallest absolute Gasteiger partial charge is 0.399 e. The highest BCUT2D eigenvalue weighted by Gasteiger charge is 2.51. The quantitative estimate of drug-likeness (QED) is 0.324. The Kier molecular flexibility index (Phi) is 5.48. The van der Waals surface area contributed by atoms with Crippen LogP contribution in [0.15, 0.2) is 103 Å². The molecule has 1 aliphatic rings. The van der Waals surface area contributed by atoms with Crippen molar-refractivity contribution in [1.29, 1.82) is 0 Å². The molecule has 0 aromatic heterocycles. The number of rotatable bonds is 4. The molecule has 4 aromatic carbocycles. The fraction of sp³-hybridized carbons (Fsp3) is 0.200. The standard InChI is InChI=1S/C30H29BO2/c1-29(2)30(3,4)33-31(32-29)28-18-16-23(17-19-28)25-13-9-15-27(21-25)26-14-8-12-24(20-26)22-10-6-5-7-11-22/h5-21H,1-4H3. The lowest BCUT2D eigenvalue weighted by molar-refractivity contribution is 0.00578. The summed E-state index contributed by atoms with van der Waals surface area (Å²) in [5.74, 6) is 0. The molecule has 0 unspecified atom stereocenters. The first-order valence-corrected chi connectivity index (χ1v) is 11.5. The molecule has 0 aliphatic carbocycles. The summed E-state index contributed by atoms with van der Waals surface area (Å²) in [7, 11) is -0.337. The lowest BCUT2D eigenvalue weighted by Gasteiger charge is -2.32. The summed E-state index contributed by atoms with van der Waals surface area (Å²) in [5.41, 5.74) is 7.63. The highest BCUT2D eigenvalue weighted by atomic mass is 16.7. The van der Waals surface area contributed by atoms with Crippen LogP contribution in [0.5, 0.6) is 0 Å². The Bertz CT molecular complexity index is 1240. The molecular weight excluding hydrogens is 403 g/mol. The van der Waals surface area contributed by atoms with E-state index >= 15 is 0 Å². The first kappa shape index (κ1) is 21.7. The third-order valence-electron chi connectivity index (χ3n) is 6.94. The SMILES string of the molecule is CC1(C)OB(c2ccc(-c3cccc(-c4cccc(-c5ccccc5)c4)c3)cc2)OC1(C)C. The molecule has 1 saturated heterocycles. The van der Waals surface area contributed by atoms with Crippen molar-refractivity contribution in [2.24, 2.45) is 0 Å². The van der Waals surface area contributed by atoms with E-state index in [0.29, 0.717) is 0 Å². The fourth-order valence-electron chi connectivity index (χ4n) is 4.20. The molecule has 33 heavy (non-hydrogen) atoms. The first-order chi connectivity index (χ1) is 15.8. The minimum atomic E-state index is -0.337. The summed E-state index contributed by atoms with van der Waals surface area (Å²) in [6, 6.07) is 36.5. The van der Waals surface area contributed by atoms with Gasteiger partial charge in [-0.05, 0) is 78.7 Å². The summed E-state index contributed by atoms with van der Waals surface area (Å²) >= 11 is 0. The van der Waals surface area contributed by atoms with Gasteiger partial charge in [0.15, 0.2) is 0 Å². The van der Waals surface area contributed by atoms with Gasteiger partial charge in [-0.3, -0.25) is 0 Å². The predicted molar refractivity (Wildman–Crippen MR) is 138 cm³/mol. The van der Waals surface area contributed by atoms with E-state index in [1.807, 2.05) is 0 Å². The van der Waals surface area contributed by atoms with E-state index in [2.05, 4.69) is 131 Å². The van der Waals surface area contributed by atoms with Crippen LogP contribution in [0.3, 0.4) is 0 Å². The second-order valence-corrected chi connectivity index (χ2v) is 9.74. The zero-order valence-corrected chi connectivity index (χ0v) is 19.7. The molecule has 0 atom stereocenters. The van der Waals surface area contributed by atoms with Gasteiger partial charge in [0.25, 0.3) is 0 Å².